The smallest absolute Gasteiger partial charge is 0.152 e. The molecule has 0 radical (unpaired) electrons. The van der Waals surface area contributed by atoms with Crippen LogP contribution in [0.2, 0.25) is 10.0 Å². The van der Waals surface area contributed by atoms with Crippen LogP contribution >= 0.6 is 23.2 Å². The van der Waals surface area contributed by atoms with Crippen molar-refractivity contribution in [3.05, 3.63) is 94.2 Å². The third-order valence-electron chi connectivity index (χ3n) is 6.80. The van der Waals surface area contributed by atoms with Crippen LogP contribution in [-0.4, -0.2) is 31.7 Å². The summed E-state index contributed by atoms with van der Waals surface area (Å²) in [7, 11) is 3.71. The standard InChI is InChI=1S/C30H20Cl2N4O2/c1-35-13-17(15-37)19-9-11-25(33-29(19)35)23-7-3-5-21(27(23)31)22-6-4-8-24(28(22)32)26-12-10-20-18(16-38)14-36(2)30(20)34-26/h3-16H,1-2H3. The van der Waals surface area contributed by atoms with Gasteiger partial charge in [-0.05, 0) is 24.3 Å². The molecule has 0 aliphatic heterocycles. The molecule has 0 aliphatic rings. The van der Waals surface area contributed by atoms with Gasteiger partial charge in [0.1, 0.15) is 11.3 Å². The van der Waals surface area contributed by atoms with Crippen LogP contribution < -0.4 is 0 Å². The van der Waals surface area contributed by atoms with E-state index in [-0.39, 0.29) is 0 Å². The minimum atomic E-state index is 0.518. The van der Waals surface area contributed by atoms with Gasteiger partial charge in [-0.2, -0.15) is 0 Å². The predicted molar refractivity (Wildman–Crippen MR) is 152 cm³/mol. The van der Waals surface area contributed by atoms with E-state index in [0.717, 1.165) is 45.6 Å². The summed E-state index contributed by atoms with van der Waals surface area (Å²) in [5, 5.41) is 2.61. The van der Waals surface area contributed by atoms with Crippen molar-refractivity contribution in [1.29, 1.82) is 0 Å². The molecule has 0 fully saturated rings. The molecule has 186 valence electrons. The van der Waals surface area contributed by atoms with Crippen molar-refractivity contribution in [3.8, 4) is 33.6 Å². The van der Waals surface area contributed by atoms with Crippen LogP contribution in [0.4, 0.5) is 0 Å². The maximum absolute atomic E-state index is 11.4. The summed E-state index contributed by atoms with van der Waals surface area (Å²) in [6.07, 6.45) is 5.19. The van der Waals surface area contributed by atoms with Gasteiger partial charge in [-0.1, -0.05) is 59.6 Å². The fraction of sp³-hybridized carbons (Fsp3) is 0.0667. The van der Waals surface area contributed by atoms with Gasteiger partial charge in [0, 0.05) is 70.6 Å². The zero-order valence-corrected chi connectivity index (χ0v) is 22.0. The molecule has 0 bridgehead atoms. The van der Waals surface area contributed by atoms with Gasteiger partial charge in [-0.15, -0.1) is 0 Å². The number of pyridine rings is 2. The Labute approximate surface area is 228 Å². The summed E-state index contributed by atoms with van der Waals surface area (Å²) in [5.41, 5.74) is 7.01. The van der Waals surface area contributed by atoms with Crippen molar-refractivity contribution in [2.24, 2.45) is 14.1 Å². The van der Waals surface area contributed by atoms with Crippen molar-refractivity contribution in [2.45, 2.75) is 0 Å². The predicted octanol–water partition coefficient (Wildman–Crippen LogP) is 7.39. The average molecular weight is 539 g/mol. The fourth-order valence-electron chi connectivity index (χ4n) is 4.93. The monoisotopic (exact) mass is 538 g/mol. The third kappa shape index (κ3) is 3.72. The first-order valence-electron chi connectivity index (χ1n) is 11.8. The molecular weight excluding hydrogens is 519 g/mol. The second-order valence-electron chi connectivity index (χ2n) is 9.10. The van der Waals surface area contributed by atoms with E-state index in [1.165, 1.54) is 0 Å². The molecule has 6 aromatic rings. The normalized spacial score (nSPS) is 11.4. The van der Waals surface area contributed by atoms with Gasteiger partial charge in [-0.25, -0.2) is 9.97 Å². The van der Waals surface area contributed by atoms with Crippen LogP contribution in [0.5, 0.6) is 0 Å². The molecule has 2 aromatic carbocycles. The Morgan fingerprint density at radius 3 is 1.39 bits per heavy atom. The lowest BCUT2D eigenvalue weighted by Crippen LogP contribution is -1.93. The van der Waals surface area contributed by atoms with Crippen molar-refractivity contribution in [2.75, 3.05) is 0 Å². The van der Waals surface area contributed by atoms with Crippen molar-refractivity contribution < 1.29 is 9.59 Å². The van der Waals surface area contributed by atoms with E-state index in [1.54, 1.807) is 12.4 Å². The minimum Gasteiger partial charge on any atom is -0.335 e. The summed E-state index contributed by atoms with van der Waals surface area (Å²) in [6.45, 7) is 0. The summed E-state index contributed by atoms with van der Waals surface area (Å²) >= 11 is 14.0. The van der Waals surface area contributed by atoms with E-state index < -0.39 is 0 Å². The molecule has 8 heteroatoms. The number of halogens is 2. The maximum atomic E-state index is 11.4. The fourth-order valence-corrected chi connectivity index (χ4v) is 5.58. The number of nitrogens with zero attached hydrogens (tertiary/aromatic N) is 4. The quantitative estimate of drug-likeness (QED) is 0.214. The van der Waals surface area contributed by atoms with Crippen LogP contribution in [0.1, 0.15) is 20.7 Å². The molecule has 4 heterocycles. The molecule has 0 saturated carbocycles. The second-order valence-corrected chi connectivity index (χ2v) is 9.85. The Bertz CT molecular complexity index is 1780. The van der Waals surface area contributed by atoms with E-state index in [9.17, 15) is 9.59 Å². The van der Waals surface area contributed by atoms with Crippen LogP contribution in [0, 0.1) is 0 Å². The Kier molecular flexibility index (Phi) is 5.86. The van der Waals surface area contributed by atoms with E-state index in [2.05, 4.69) is 0 Å². The Morgan fingerprint density at radius 1 is 0.605 bits per heavy atom. The van der Waals surface area contributed by atoms with E-state index in [1.807, 2.05) is 83.9 Å². The van der Waals surface area contributed by atoms with Gasteiger partial charge in [0.15, 0.2) is 12.6 Å². The number of carbonyl (C=O) groups is 2. The molecular formula is C30H20Cl2N4O2. The Balaban J connectivity index is 1.47. The average Bonchev–Trinajstić information content (AvgIpc) is 3.44. The summed E-state index contributed by atoms with van der Waals surface area (Å²) < 4.78 is 3.66. The highest BCUT2D eigenvalue weighted by Crippen LogP contribution is 2.42. The van der Waals surface area contributed by atoms with Gasteiger partial charge in [-0.3, -0.25) is 9.59 Å². The summed E-state index contributed by atoms with van der Waals surface area (Å²) in [4.78, 5) is 32.4. The lowest BCUT2D eigenvalue weighted by atomic mass is 9.98. The number of benzene rings is 2. The third-order valence-corrected chi connectivity index (χ3v) is 7.61. The van der Waals surface area contributed by atoms with Crippen molar-refractivity contribution >= 4 is 57.8 Å². The molecule has 4 aromatic heterocycles. The van der Waals surface area contributed by atoms with E-state index in [0.29, 0.717) is 43.9 Å². The molecule has 0 spiro atoms. The molecule has 6 nitrogen and oxygen atoms in total. The highest BCUT2D eigenvalue weighted by molar-refractivity contribution is 6.39. The number of hydrogen-bond acceptors (Lipinski definition) is 4. The highest BCUT2D eigenvalue weighted by Gasteiger charge is 2.18. The van der Waals surface area contributed by atoms with Crippen LogP contribution in [0.3, 0.4) is 0 Å². The number of carbonyl (C=O) groups excluding carboxylic acids is 2. The highest BCUT2D eigenvalue weighted by atomic mass is 35.5. The molecule has 38 heavy (non-hydrogen) atoms. The molecule has 0 aliphatic carbocycles. The van der Waals surface area contributed by atoms with Crippen molar-refractivity contribution in [1.82, 2.24) is 19.1 Å². The molecule has 0 unspecified atom stereocenters. The number of aromatic nitrogens is 4. The first kappa shape index (κ1) is 24.1. The van der Waals surface area contributed by atoms with Crippen LogP contribution in [0.15, 0.2) is 73.1 Å². The number of rotatable bonds is 5. The van der Waals surface area contributed by atoms with Crippen LogP contribution in [0.25, 0.3) is 55.7 Å². The van der Waals surface area contributed by atoms with E-state index in [4.69, 9.17) is 33.2 Å². The lowest BCUT2D eigenvalue weighted by molar-refractivity contribution is 0.111. The van der Waals surface area contributed by atoms with Gasteiger partial charge in [0.2, 0.25) is 0 Å². The lowest BCUT2D eigenvalue weighted by Gasteiger charge is -2.14. The largest absolute Gasteiger partial charge is 0.335 e. The van der Waals surface area contributed by atoms with Gasteiger partial charge in [0.25, 0.3) is 0 Å². The Hall–Kier alpha value is -4.26. The molecule has 0 N–H and O–H groups in total. The zero-order chi connectivity index (χ0) is 26.6. The summed E-state index contributed by atoms with van der Waals surface area (Å²) in [5.74, 6) is 0. The van der Waals surface area contributed by atoms with Crippen LogP contribution in [-0.2, 0) is 14.1 Å². The maximum Gasteiger partial charge on any atom is 0.152 e. The molecule has 6 rings (SSSR count). The first-order valence-corrected chi connectivity index (χ1v) is 12.6. The first-order chi connectivity index (χ1) is 18.4. The van der Waals surface area contributed by atoms with Gasteiger partial charge in [0.05, 0.1) is 21.4 Å². The minimum absolute atomic E-state index is 0.518. The number of fused-ring (bicyclic) bond motifs is 2. The number of hydrogen-bond donors (Lipinski definition) is 0. The SMILES string of the molecule is Cn1cc(C=O)c2ccc(-c3cccc(-c4cccc(-c5ccc6c(C=O)cn(C)c6n5)c4Cl)c3Cl)nc21. The zero-order valence-electron chi connectivity index (χ0n) is 20.4. The second kappa shape index (κ2) is 9.24. The van der Waals surface area contributed by atoms with Gasteiger partial charge < -0.3 is 9.13 Å². The number of aryl methyl sites for hydroxylation is 2. The molecule has 0 atom stereocenters. The molecule has 0 saturated heterocycles. The van der Waals surface area contributed by atoms with E-state index >= 15 is 0 Å². The topological polar surface area (TPSA) is 69.8 Å². The van der Waals surface area contributed by atoms with Crippen molar-refractivity contribution in [3.63, 3.8) is 0 Å². The summed E-state index contributed by atoms with van der Waals surface area (Å²) in [6, 6.07) is 19.0. The van der Waals surface area contributed by atoms with Gasteiger partial charge >= 0.3 is 0 Å². The Morgan fingerprint density at radius 2 is 1.00 bits per heavy atom. The number of aldehydes is 2. The molecule has 0 amide bonds.